The second-order valence-electron chi connectivity index (χ2n) is 24.6. The Morgan fingerprint density at radius 2 is 0.670 bits per heavy atom. The normalized spacial score (nSPS) is 14.6. The van der Waals surface area contributed by atoms with Crippen molar-refractivity contribution in [1.29, 1.82) is 0 Å². The highest BCUT2D eigenvalue weighted by atomic mass is 16.4. The first-order valence-electron chi connectivity index (χ1n) is 32.4. The van der Waals surface area contributed by atoms with Crippen molar-refractivity contribution < 1.29 is 63.6 Å². The molecule has 10 atom stereocenters. The van der Waals surface area contributed by atoms with Gasteiger partial charge in [0.15, 0.2) is 0 Å². The van der Waals surface area contributed by atoms with E-state index in [1.54, 1.807) is 104 Å². The van der Waals surface area contributed by atoms with Gasteiger partial charge in [0, 0.05) is 129 Å². The molecule has 0 saturated heterocycles. The second-order valence-corrected chi connectivity index (χ2v) is 24.6. The van der Waals surface area contributed by atoms with E-state index >= 15 is 4.79 Å². The van der Waals surface area contributed by atoms with Gasteiger partial charge in [-0.2, -0.15) is 0 Å². The van der Waals surface area contributed by atoms with E-state index in [0.717, 1.165) is 32.9 Å². The summed E-state index contributed by atoms with van der Waals surface area (Å²) in [6.07, 6.45) is 8.49. The van der Waals surface area contributed by atoms with Crippen molar-refractivity contribution in [2.24, 2.45) is 5.73 Å². The minimum atomic E-state index is -1.85. The Morgan fingerprint density at radius 3 is 1.00 bits per heavy atom. The number of hydrogen-bond donors (Lipinski definition) is 19. The third-order valence-electron chi connectivity index (χ3n) is 17.7. The standard InChI is InChI=1S/C71H76N16O13/c1-37(90)62(70(98)84-59(71(99)100)26-42-32-78-54-21-11-6-16-48(42)54)87-69(97)61(35-89)86-66(94)57(25-41-31-77-53-20-10-5-15-47(41)53)81-65(93)56(24-40-30-76-52-19-9-4-14-46(40)52)82-68(96)60(34-88)85-67(95)58(27-43-33-73-36-79-43)83-64(92)55(23-39-29-75-51-18-8-3-13-45(39)51)80-63(91)49(72)22-38-28-74-50-17-7-2-12-44(38)50/h2-21,28-33,36-37,49,55-62,74-78,88-90H,22-27,34-35,72H2,1H3,(H,73,79)(H,80,91)(H,81,93)(H,82,96)(H,83,92)(H,84,98)(H,85,95)(H,86,94)(H,87,97)(H,99,100)/t37-,49+,55+,56+,57+,58+,59+,60+,61+,62+/m1/s1. The Kier molecular flexibility index (Phi) is 21.9. The van der Waals surface area contributed by atoms with Crippen molar-refractivity contribution in [1.82, 2.24) is 77.4 Å². The quantitative estimate of drug-likeness (QED) is 0.0282. The smallest absolute Gasteiger partial charge is 0.326 e. The summed E-state index contributed by atoms with van der Waals surface area (Å²) in [5.41, 5.74) is 13.6. The van der Waals surface area contributed by atoms with Crippen LogP contribution in [0.3, 0.4) is 0 Å². The lowest BCUT2D eigenvalue weighted by atomic mass is 10.0. The highest BCUT2D eigenvalue weighted by Crippen LogP contribution is 2.25. The number of benzene rings is 5. The largest absolute Gasteiger partial charge is 0.480 e. The Labute approximate surface area is 569 Å². The van der Waals surface area contributed by atoms with E-state index in [-0.39, 0.29) is 38.5 Å². The maximum absolute atomic E-state index is 15.2. The molecular weight excluding hydrogens is 1280 g/mol. The van der Waals surface area contributed by atoms with Gasteiger partial charge in [-0.05, 0) is 71.5 Å². The van der Waals surface area contributed by atoms with Crippen LogP contribution in [0.1, 0.15) is 40.4 Å². The molecule has 0 spiro atoms. The van der Waals surface area contributed by atoms with Crippen molar-refractivity contribution in [2.75, 3.05) is 13.2 Å². The zero-order valence-corrected chi connectivity index (χ0v) is 54.0. The Hall–Kier alpha value is -11.9. The van der Waals surface area contributed by atoms with Crippen LogP contribution < -0.4 is 48.3 Å². The molecule has 0 saturated carbocycles. The van der Waals surface area contributed by atoms with Crippen LogP contribution in [0, 0.1) is 0 Å². The molecule has 5 aromatic carbocycles. The molecule has 6 aromatic heterocycles. The third kappa shape index (κ3) is 16.4. The number of hydrogen-bond acceptors (Lipinski definition) is 14. The second kappa shape index (κ2) is 31.5. The van der Waals surface area contributed by atoms with E-state index in [1.807, 2.05) is 48.5 Å². The summed E-state index contributed by atoms with van der Waals surface area (Å²) < 4.78 is 0. The number of aliphatic hydroxyl groups excluding tert-OH is 3. The fourth-order valence-corrected chi connectivity index (χ4v) is 12.3. The molecule has 0 aliphatic heterocycles. The first kappa shape index (κ1) is 69.4. The van der Waals surface area contributed by atoms with Crippen LogP contribution in [0.2, 0.25) is 0 Å². The highest BCUT2D eigenvalue weighted by molar-refractivity contribution is 6.00. The lowest BCUT2D eigenvalue weighted by Crippen LogP contribution is -2.62. The number of nitrogens with one attached hydrogen (secondary N) is 14. The topological polar surface area (TPSA) is 464 Å². The summed E-state index contributed by atoms with van der Waals surface area (Å²) in [7, 11) is 0. The molecule has 11 rings (SSSR count). The number of imidazole rings is 1. The third-order valence-corrected chi connectivity index (χ3v) is 17.7. The Morgan fingerprint density at radius 1 is 0.380 bits per heavy atom. The van der Waals surface area contributed by atoms with Crippen molar-refractivity contribution in [2.45, 2.75) is 106 Å². The van der Waals surface area contributed by atoms with E-state index in [4.69, 9.17) is 5.73 Å². The lowest BCUT2D eigenvalue weighted by molar-refractivity contribution is -0.143. The molecule has 0 aliphatic carbocycles. The summed E-state index contributed by atoms with van der Waals surface area (Å²) in [6, 6.07) is 21.9. The van der Waals surface area contributed by atoms with E-state index in [2.05, 4.69) is 77.4 Å². The number of para-hydroxylation sites is 5. The zero-order valence-electron chi connectivity index (χ0n) is 54.0. The van der Waals surface area contributed by atoms with Gasteiger partial charge < -0.3 is 98.6 Å². The molecule has 518 valence electrons. The maximum atomic E-state index is 15.2. The molecule has 100 heavy (non-hydrogen) atoms. The van der Waals surface area contributed by atoms with Crippen LogP contribution >= 0.6 is 0 Å². The summed E-state index contributed by atoms with van der Waals surface area (Å²) in [6.45, 7) is -0.960. The van der Waals surface area contributed by atoms with E-state index in [9.17, 15) is 58.8 Å². The fraction of sp³-hybridized carbons (Fsp3) is 0.268. The predicted octanol–water partition coefficient (Wildman–Crippen LogP) is 1.23. The van der Waals surface area contributed by atoms with E-state index in [1.165, 1.54) is 19.4 Å². The fourth-order valence-electron chi connectivity index (χ4n) is 12.3. The van der Waals surface area contributed by atoms with Crippen LogP contribution in [-0.2, 0) is 81.7 Å². The predicted molar refractivity (Wildman–Crippen MR) is 369 cm³/mol. The van der Waals surface area contributed by atoms with Crippen LogP contribution in [0.25, 0.3) is 54.5 Å². The summed E-state index contributed by atoms with van der Waals surface area (Å²) in [5.74, 6) is -9.26. The molecule has 29 nitrogen and oxygen atoms in total. The van der Waals surface area contributed by atoms with Crippen molar-refractivity contribution >= 4 is 108 Å². The number of aromatic amines is 6. The minimum Gasteiger partial charge on any atom is -0.480 e. The SMILES string of the molecule is C[C@@H](O)[C@H](NC(=O)[C@H](CO)NC(=O)[C@H](Cc1c[nH]c2ccccc12)NC(=O)[C@H](Cc1c[nH]c2ccccc12)NC(=O)[C@H](CO)NC(=O)[C@H](Cc1cnc[nH]1)NC(=O)[C@H](Cc1c[nH]c2ccccc12)NC(=O)[C@@H](N)Cc1c[nH]c2ccccc12)C(=O)N[C@@H](Cc1c[nH]c2ccccc12)C(=O)O. The Bertz CT molecular complexity index is 4760. The first-order valence-corrected chi connectivity index (χ1v) is 32.4. The first-order chi connectivity index (χ1) is 48.3. The number of H-pyrrole nitrogens is 6. The van der Waals surface area contributed by atoms with Gasteiger partial charge >= 0.3 is 5.97 Å². The number of aliphatic hydroxyl groups is 3. The van der Waals surface area contributed by atoms with Crippen molar-refractivity contribution in [3.05, 3.63) is 198 Å². The number of nitrogens with two attached hydrogens (primary N) is 1. The molecule has 29 heteroatoms. The molecule has 6 heterocycles. The molecular formula is C71H76N16O13. The van der Waals surface area contributed by atoms with Crippen LogP contribution in [0.4, 0.5) is 0 Å². The monoisotopic (exact) mass is 1360 g/mol. The van der Waals surface area contributed by atoms with Gasteiger partial charge in [-0.15, -0.1) is 0 Å². The molecule has 20 N–H and O–H groups in total. The van der Waals surface area contributed by atoms with Crippen molar-refractivity contribution in [3.8, 4) is 0 Å². The van der Waals surface area contributed by atoms with Crippen LogP contribution in [0.5, 0.6) is 0 Å². The Balaban J connectivity index is 0.820. The lowest BCUT2D eigenvalue weighted by Gasteiger charge is -2.28. The molecule has 8 amide bonds. The molecule has 0 unspecified atom stereocenters. The summed E-state index contributed by atoms with van der Waals surface area (Å²) in [4.78, 5) is 151. The highest BCUT2D eigenvalue weighted by Gasteiger charge is 2.37. The van der Waals surface area contributed by atoms with Gasteiger partial charge in [0.05, 0.1) is 31.7 Å². The number of nitrogens with zero attached hydrogens (tertiary/aromatic N) is 1. The van der Waals surface area contributed by atoms with Crippen LogP contribution in [-0.4, -0.2) is 182 Å². The van der Waals surface area contributed by atoms with Crippen molar-refractivity contribution in [3.63, 3.8) is 0 Å². The zero-order chi connectivity index (χ0) is 70.6. The number of amides is 8. The van der Waals surface area contributed by atoms with Gasteiger partial charge in [0.2, 0.25) is 47.3 Å². The number of carbonyl (C=O) groups excluding carboxylic acids is 8. The number of aliphatic carboxylic acids is 1. The number of rotatable bonds is 32. The average Bonchev–Trinajstić information content (AvgIpc) is 1.64. The van der Waals surface area contributed by atoms with Gasteiger partial charge in [-0.3, -0.25) is 38.4 Å². The van der Waals surface area contributed by atoms with Gasteiger partial charge in [0.25, 0.3) is 0 Å². The van der Waals surface area contributed by atoms with Gasteiger partial charge in [-0.1, -0.05) is 91.0 Å². The minimum absolute atomic E-state index is 0.0695. The number of aromatic nitrogens is 7. The average molecular weight is 1360 g/mol. The number of fused-ring (bicyclic) bond motifs is 5. The van der Waals surface area contributed by atoms with E-state index in [0.29, 0.717) is 55.1 Å². The van der Waals surface area contributed by atoms with Gasteiger partial charge in [-0.25, -0.2) is 9.78 Å². The van der Waals surface area contributed by atoms with Crippen LogP contribution in [0.15, 0.2) is 165 Å². The molecule has 11 aromatic rings. The number of carboxylic acid groups (broad SMARTS) is 1. The molecule has 0 aliphatic rings. The number of carboxylic acids is 1. The molecule has 0 fully saturated rings. The summed E-state index contributed by atoms with van der Waals surface area (Å²) in [5, 5.41) is 66.9. The number of carbonyl (C=O) groups is 9. The summed E-state index contributed by atoms with van der Waals surface area (Å²) >= 11 is 0. The maximum Gasteiger partial charge on any atom is 0.326 e. The van der Waals surface area contributed by atoms with Gasteiger partial charge in [0.1, 0.15) is 48.3 Å². The van der Waals surface area contributed by atoms with E-state index < -0.39 is 127 Å². The molecule has 0 bridgehead atoms. The molecule has 0 radical (unpaired) electrons.